The topological polar surface area (TPSA) is 105 Å². The number of H-pyrrole nitrogens is 1. The Labute approximate surface area is 155 Å². The van der Waals surface area contributed by atoms with Crippen LogP contribution in [0.5, 0.6) is 0 Å². The van der Waals surface area contributed by atoms with Crippen LogP contribution in [-0.4, -0.2) is 20.3 Å². The van der Waals surface area contributed by atoms with Gasteiger partial charge in [-0.3, -0.25) is 9.78 Å². The first-order valence-corrected chi connectivity index (χ1v) is 8.57. The van der Waals surface area contributed by atoms with Crippen LogP contribution in [0.3, 0.4) is 0 Å². The fraction of sp³-hybridized carbons (Fsp3) is 0.0952. The number of pyridine rings is 1. The summed E-state index contributed by atoms with van der Waals surface area (Å²) in [6, 6.07) is 16.8. The first-order valence-electron chi connectivity index (χ1n) is 8.57. The van der Waals surface area contributed by atoms with Crippen molar-refractivity contribution in [3.05, 3.63) is 94.2 Å². The second kappa shape index (κ2) is 7.11. The van der Waals surface area contributed by atoms with E-state index in [1.165, 1.54) is 0 Å². The van der Waals surface area contributed by atoms with Crippen molar-refractivity contribution >= 4 is 10.8 Å². The van der Waals surface area contributed by atoms with Crippen molar-refractivity contribution in [2.45, 2.75) is 12.6 Å². The van der Waals surface area contributed by atoms with Crippen LogP contribution in [-0.2, 0) is 6.54 Å². The van der Waals surface area contributed by atoms with E-state index in [-0.39, 0.29) is 12.1 Å². The van der Waals surface area contributed by atoms with Crippen molar-refractivity contribution in [1.82, 2.24) is 15.2 Å². The lowest BCUT2D eigenvalue weighted by molar-refractivity contribution is 0.220. The zero-order chi connectivity index (χ0) is 18.8. The Bertz CT molecular complexity index is 1160. The van der Waals surface area contributed by atoms with E-state index < -0.39 is 6.10 Å². The Morgan fingerprint density at radius 2 is 1.78 bits per heavy atom. The van der Waals surface area contributed by atoms with Crippen LogP contribution >= 0.6 is 0 Å². The summed E-state index contributed by atoms with van der Waals surface area (Å²) in [6.45, 7) is 0.224. The highest BCUT2D eigenvalue weighted by atomic mass is 16.3. The molecule has 6 nitrogen and oxygen atoms in total. The van der Waals surface area contributed by atoms with E-state index in [1.807, 2.05) is 48.5 Å². The molecule has 0 bridgehead atoms. The Morgan fingerprint density at radius 3 is 2.56 bits per heavy atom. The summed E-state index contributed by atoms with van der Waals surface area (Å²) in [5.74, 6) is 0. The molecule has 2 aromatic carbocycles. The molecule has 2 aromatic heterocycles. The van der Waals surface area contributed by atoms with Crippen LogP contribution in [0.2, 0.25) is 0 Å². The van der Waals surface area contributed by atoms with Crippen molar-refractivity contribution < 1.29 is 5.11 Å². The van der Waals surface area contributed by atoms with Gasteiger partial charge in [0.05, 0.1) is 11.1 Å². The second-order valence-corrected chi connectivity index (χ2v) is 6.28. The summed E-state index contributed by atoms with van der Waals surface area (Å²) in [5.41, 5.74) is 9.34. The van der Waals surface area contributed by atoms with Gasteiger partial charge in [-0.25, -0.2) is 5.10 Å². The van der Waals surface area contributed by atoms with Crippen LogP contribution in [0.25, 0.3) is 21.9 Å². The molecule has 0 fully saturated rings. The number of nitrogens with zero attached hydrogens (tertiary/aromatic N) is 2. The summed E-state index contributed by atoms with van der Waals surface area (Å²) in [6.07, 6.45) is 2.62. The molecule has 0 aliphatic rings. The third-order valence-corrected chi connectivity index (χ3v) is 4.58. The van der Waals surface area contributed by atoms with Gasteiger partial charge in [0.15, 0.2) is 0 Å². The molecule has 0 spiro atoms. The third-order valence-electron chi connectivity index (χ3n) is 4.58. The van der Waals surface area contributed by atoms with Crippen LogP contribution < -0.4 is 11.3 Å². The van der Waals surface area contributed by atoms with Crippen molar-refractivity contribution in [2.24, 2.45) is 5.73 Å². The first kappa shape index (κ1) is 17.1. The van der Waals surface area contributed by atoms with Gasteiger partial charge in [0.2, 0.25) is 0 Å². The van der Waals surface area contributed by atoms with Gasteiger partial charge in [-0.2, -0.15) is 5.10 Å². The lowest BCUT2D eigenvalue weighted by atomic mass is 9.98. The number of benzene rings is 2. The summed E-state index contributed by atoms with van der Waals surface area (Å²) in [7, 11) is 0. The van der Waals surface area contributed by atoms with Gasteiger partial charge in [-0.1, -0.05) is 36.4 Å². The zero-order valence-corrected chi connectivity index (χ0v) is 14.5. The summed E-state index contributed by atoms with van der Waals surface area (Å²) in [4.78, 5) is 16.3. The minimum Gasteiger partial charge on any atom is -0.384 e. The molecule has 0 aliphatic carbocycles. The number of rotatable bonds is 4. The normalized spacial score (nSPS) is 12.2. The molecule has 4 aromatic rings. The van der Waals surface area contributed by atoms with E-state index in [9.17, 15) is 9.90 Å². The minimum atomic E-state index is -0.761. The van der Waals surface area contributed by atoms with E-state index in [0.29, 0.717) is 22.0 Å². The zero-order valence-electron chi connectivity index (χ0n) is 14.5. The number of aromatic nitrogens is 3. The summed E-state index contributed by atoms with van der Waals surface area (Å²) in [5, 5.41) is 18.4. The van der Waals surface area contributed by atoms with E-state index in [2.05, 4.69) is 15.2 Å². The number of fused-ring (bicyclic) bond motifs is 1. The smallest absolute Gasteiger partial charge is 0.272 e. The van der Waals surface area contributed by atoms with Gasteiger partial charge >= 0.3 is 0 Å². The molecule has 0 amide bonds. The molecule has 0 aliphatic heterocycles. The lowest BCUT2D eigenvalue weighted by Crippen LogP contribution is -2.13. The molecule has 27 heavy (non-hydrogen) atoms. The van der Waals surface area contributed by atoms with Crippen molar-refractivity contribution in [3.8, 4) is 11.1 Å². The fourth-order valence-electron chi connectivity index (χ4n) is 3.15. The maximum Gasteiger partial charge on any atom is 0.272 e. The highest BCUT2D eigenvalue weighted by Gasteiger charge is 2.13. The monoisotopic (exact) mass is 358 g/mol. The van der Waals surface area contributed by atoms with Crippen LogP contribution in [0.4, 0.5) is 0 Å². The highest BCUT2D eigenvalue weighted by Crippen LogP contribution is 2.28. The third kappa shape index (κ3) is 3.23. The Balaban J connectivity index is 1.79. The Kier molecular flexibility index (Phi) is 4.50. The maximum atomic E-state index is 12.0. The standard InChI is InChI=1S/C21H18N4O2/c22-10-19-18-9-14(6-7-17(18)21(27)25-24-19)15-8-16(12-23-11-15)20(26)13-4-2-1-3-5-13/h1-9,11-12,20,26H,10,22H2,(H,25,27). The largest absolute Gasteiger partial charge is 0.384 e. The van der Waals surface area contributed by atoms with Crippen molar-refractivity contribution in [3.63, 3.8) is 0 Å². The molecular weight excluding hydrogens is 340 g/mol. The number of aliphatic hydroxyl groups excluding tert-OH is 1. The van der Waals surface area contributed by atoms with E-state index in [4.69, 9.17) is 5.73 Å². The van der Waals surface area contributed by atoms with E-state index in [1.54, 1.807) is 18.5 Å². The van der Waals surface area contributed by atoms with Crippen LogP contribution in [0.15, 0.2) is 71.8 Å². The summed E-state index contributed by atoms with van der Waals surface area (Å²) < 4.78 is 0. The highest BCUT2D eigenvalue weighted by molar-refractivity contribution is 5.88. The van der Waals surface area contributed by atoms with E-state index in [0.717, 1.165) is 16.7 Å². The van der Waals surface area contributed by atoms with Gasteiger partial charge in [-0.15, -0.1) is 0 Å². The quantitative estimate of drug-likeness (QED) is 0.520. The maximum absolute atomic E-state index is 12.0. The van der Waals surface area contributed by atoms with Gasteiger partial charge in [0.1, 0.15) is 6.10 Å². The SMILES string of the molecule is NCc1n[nH]c(=O)c2ccc(-c3cncc(C(O)c4ccccc4)c3)cc12. The molecular formula is C21H18N4O2. The Morgan fingerprint density at radius 1 is 0.963 bits per heavy atom. The summed E-state index contributed by atoms with van der Waals surface area (Å²) >= 11 is 0. The van der Waals surface area contributed by atoms with Gasteiger partial charge in [0.25, 0.3) is 5.56 Å². The predicted molar refractivity (Wildman–Crippen MR) is 104 cm³/mol. The number of nitrogens with one attached hydrogen (secondary N) is 1. The van der Waals surface area contributed by atoms with Gasteiger partial charge < -0.3 is 10.8 Å². The number of nitrogens with two attached hydrogens (primary N) is 1. The first-order chi connectivity index (χ1) is 13.2. The van der Waals surface area contributed by atoms with Crippen molar-refractivity contribution in [1.29, 1.82) is 0 Å². The molecule has 2 heterocycles. The van der Waals surface area contributed by atoms with Crippen LogP contribution in [0.1, 0.15) is 22.9 Å². The average molecular weight is 358 g/mol. The molecule has 0 radical (unpaired) electrons. The number of hydrogen-bond donors (Lipinski definition) is 3. The average Bonchev–Trinajstić information content (AvgIpc) is 2.74. The van der Waals surface area contributed by atoms with Gasteiger partial charge in [-0.05, 0) is 29.3 Å². The van der Waals surface area contributed by atoms with Crippen molar-refractivity contribution in [2.75, 3.05) is 0 Å². The second-order valence-electron chi connectivity index (χ2n) is 6.28. The molecule has 1 atom stereocenters. The molecule has 4 rings (SSSR count). The molecule has 134 valence electrons. The molecule has 0 saturated heterocycles. The number of hydrogen-bond acceptors (Lipinski definition) is 5. The lowest BCUT2D eigenvalue weighted by Gasteiger charge is -2.13. The van der Waals surface area contributed by atoms with E-state index >= 15 is 0 Å². The number of aromatic amines is 1. The molecule has 0 saturated carbocycles. The minimum absolute atomic E-state index is 0.224. The molecule has 6 heteroatoms. The molecule has 1 unspecified atom stereocenters. The fourth-order valence-corrected chi connectivity index (χ4v) is 3.15. The predicted octanol–water partition coefficient (Wildman–Crippen LogP) is 2.53. The number of aliphatic hydroxyl groups is 1. The van der Waals surface area contributed by atoms with Crippen LogP contribution in [0, 0.1) is 0 Å². The van der Waals surface area contributed by atoms with Gasteiger partial charge in [0, 0.05) is 35.5 Å². The Hall–Kier alpha value is -3.35. The molecule has 4 N–H and O–H groups in total.